The molecule has 0 aromatic heterocycles. The van der Waals surface area contributed by atoms with Gasteiger partial charge in [-0.2, -0.15) is 0 Å². The number of rotatable bonds is 1. The molecule has 1 aromatic carbocycles. The maximum atomic E-state index is 3.38. The summed E-state index contributed by atoms with van der Waals surface area (Å²) in [6.45, 7) is 4.47. The summed E-state index contributed by atoms with van der Waals surface area (Å²) in [4.78, 5) is 0. The van der Waals surface area contributed by atoms with E-state index < -0.39 is 0 Å². The van der Waals surface area contributed by atoms with Gasteiger partial charge in [0.05, 0.1) is 0 Å². The zero-order chi connectivity index (χ0) is 9.42. The molecule has 1 aliphatic carbocycles. The molecular weight excluding hydrogens is 158 g/mol. The van der Waals surface area contributed by atoms with Gasteiger partial charge in [-0.25, -0.2) is 0 Å². The second-order valence-corrected chi connectivity index (χ2v) is 4.11. The minimum absolute atomic E-state index is 0.574. The zero-order valence-electron chi connectivity index (χ0n) is 8.59. The summed E-state index contributed by atoms with van der Waals surface area (Å²) in [5.74, 6) is 0.716. The van der Waals surface area contributed by atoms with Crippen molar-refractivity contribution in [3.63, 3.8) is 0 Å². The van der Waals surface area contributed by atoms with Gasteiger partial charge in [0.25, 0.3) is 0 Å². The van der Waals surface area contributed by atoms with Gasteiger partial charge in [-0.15, -0.1) is 0 Å². The van der Waals surface area contributed by atoms with Crippen LogP contribution in [0.3, 0.4) is 0 Å². The average Bonchev–Trinajstić information content (AvgIpc) is 2.42. The number of hydrogen-bond acceptors (Lipinski definition) is 1. The summed E-state index contributed by atoms with van der Waals surface area (Å²) in [5.41, 5.74) is 4.41. The quantitative estimate of drug-likeness (QED) is 0.692. The Hall–Kier alpha value is -0.820. The maximum absolute atomic E-state index is 3.38. The number of benzene rings is 1. The zero-order valence-corrected chi connectivity index (χ0v) is 8.59. The summed E-state index contributed by atoms with van der Waals surface area (Å²) in [6, 6.07) is 7.39. The largest absolute Gasteiger partial charge is 0.313 e. The molecule has 70 valence electrons. The van der Waals surface area contributed by atoms with E-state index in [-0.39, 0.29) is 0 Å². The van der Waals surface area contributed by atoms with Crippen LogP contribution in [-0.4, -0.2) is 7.05 Å². The van der Waals surface area contributed by atoms with E-state index in [1.807, 2.05) is 0 Å². The Kier molecular flexibility index (Phi) is 2.12. The van der Waals surface area contributed by atoms with Crippen LogP contribution in [0.25, 0.3) is 0 Å². The Bertz CT molecular complexity index is 317. The van der Waals surface area contributed by atoms with Gasteiger partial charge in [-0.1, -0.05) is 30.7 Å². The standard InChI is InChI=1S/C12H17N/c1-8-4-5-10-9(2)7-12(13-3)11(10)6-8/h4-6,9,12-13H,7H2,1-3H3. The Labute approximate surface area is 80.2 Å². The van der Waals surface area contributed by atoms with Crippen LogP contribution in [0.4, 0.5) is 0 Å². The van der Waals surface area contributed by atoms with Gasteiger partial charge in [0.2, 0.25) is 0 Å². The van der Waals surface area contributed by atoms with Gasteiger partial charge < -0.3 is 5.32 Å². The fraction of sp³-hybridized carbons (Fsp3) is 0.500. The third kappa shape index (κ3) is 1.37. The van der Waals surface area contributed by atoms with Crippen LogP contribution in [0, 0.1) is 6.92 Å². The second kappa shape index (κ2) is 3.15. The Balaban J connectivity index is 2.46. The van der Waals surface area contributed by atoms with Crippen molar-refractivity contribution in [2.45, 2.75) is 32.2 Å². The molecule has 0 saturated carbocycles. The summed E-state index contributed by atoms with van der Waals surface area (Å²) < 4.78 is 0. The normalized spacial score (nSPS) is 26.1. The van der Waals surface area contributed by atoms with Crippen molar-refractivity contribution >= 4 is 0 Å². The first-order valence-electron chi connectivity index (χ1n) is 5.00. The average molecular weight is 175 g/mol. The van der Waals surface area contributed by atoms with Crippen LogP contribution >= 0.6 is 0 Å². The molecule has 2 atom stereocenters. The molecule has 0 radical (unpaired) electrons. The summed E-state index contributed by atoms with van der Waals surface area (Å²) in [7, 11) is 2.05. The fourth-order valence-corrected chi connectivity index (χ4v) is 2.33. The summed E-state index contributed by atoms with van der Waals surface area (Å²) in [6.07, 6.45) is 1.25. The van der Waals surface area contributed by atoms with Gasteiger partial charge in [0.15, 0.2) is 0 Å². The molecule has 1 N–H and O–H groups in total. The fourth-order valence-electron chi connectivity index (χ4n) is 2.33. The molecule has 1 aliphatic rings. The van der Waals surface area contributed by atoms with Crippen molar-refractivity contribution in [1.82, 2.24) is 5.32 Å². The predicted octanol–water partition coefficient (Wildman–Crippen LogP) is 2.76. The molecule has 1 nitrogen and oxygen atoms in total. The van der Waals surface area contributed by atoms with Crippen molar-refractivity contribution in [2.75, 3.05) is 7.05 Å². The maximum Gasteiger partial charge on any atom is 0.0326 e. The minimum Gasteiger partial charge on any atom is -0.313 e. The molecule has 2 rings (SSSR count). The Morgan fingerprint density at radius 2 is 2.08 bits per heavy atom. The third-order valence-electron chi connectivity index (χ3n) is 3.09. The van der Waals surface area contributed by atoms with E-state index in [2.05, 4.69) is 44.4 Å². The monoisotopic (exact) mass is 175 g/mol. The van der Waals surface area contributed by atoms with Gasteiger partial charge in [-0.05, 0) is 37.4 Å². The van der Waals surface area contributed by atoms with Gasteiger partial charge in [0.1, 0.15) is 0 Å². The number of fused-ring (bicyclic) bond motifs is 1. The highest BCUT2D eigenvalue weighted by molar-refractivity contribution is 5.40. The van der Waals surface area contributed by atoms with Crippen LogP contribution in [0.15, 0.2) is 18.2 Å². The lowest BCUT2D eigenvalue weighted by molar-refractivity contribution is 0.553. The molecule has 0 heterocycles. The van der Waals surface area contributed by atoms with E-state index in [1.54, 1.807) is 0 Å². The van der Waals surface area contributed by atoms with Crippen LogP contribution in [-0.2, 0) is 0 Å². The number of hydrogen-bond donors (Lipinski definition) is 1. The van der Waals surface area contributed by atoms with Crippen molar-refractivity contribution in [2.24, 2.45) is 0 Å². The van der Waals surface area contributed by atoms with Crippen LogP contribution in [0.2, 0.25) is 0 Å². The Morgan fingerprint density at radius 3 is 2.77 bits per heavy atom. The van der Waals surface area contributed by atoms with Crippen LogP contribution < -0.4 is 5.32 Å². The van der Waals surface area contributed by atoms with E-state index in [0.29, 0.717) is 12.0 Å². The lowest BCUT2D eigenvalue weighted by atomic mass is 10.0. The van der Waals surface area contributed by atoms with Crippen LogP contribution in [0.1, 0.15) is 42.0 Å². The second-order valence-electron chi connectivity index (χ2n) is 4.11. The molecule has 13 heavy (non-hydrogen) atoms. The highest BCUT2D eigenvalue weighted by atomic mass is 14.9. The molecule has 0 spiro atoms. The third-order valence-corrected chi connectivity index (χ3v) is 3.09. The molecule has 1 heteroatoms. The molecule has 0 saturated heterocycles. The van der Waals surface area contributed by atoms with Crippen molar-refractivity contribution in [3.8, 4) is 0 Å². The Morgan fingerprint density at radius 1 is 1.31 bits per heavy atom. The van der Waals surface area contributed by atoms with Crippen molar-refractivity contribution < 1.29 is 0 Å². The molecular formula is C12H17N. The smallest absolute Gasteiger partial charge is 0.0326 e. The lowest BCUT2D eigenvalue weighted by Crippen LogP contribution is -2.12. The van der Waals surface area contributed by atoms with E-state index in [1.165, 1.54) is 23.1 Å². The van der Waals surface area contributed by atoms with Crippen molar-refractivity contribution in [3.05, 3.63) is 34.9 Å². The highest BCUT2D eigenvalue weighted by Gasteiger charge is 2.26. The molecule has 0 amide bonds. The molecule has 1 aromatic rings. The van der Waals surface area contributed by atoms with Crippen LogP contribution in [0.5, 0.6) is 0 Å². The van der Waals surface area contributed by atoms with E-state index in [0.717, 1.165) is 0 Å². The SMILES string of the molecule is CNC1CC(C)c2ccc(C)cc21. The van der Waals surface area contributed by atoms with Gasteiger partial charge in [-0.3, -0.25) is 0 Å². The number of aryl methyl sites for hydroxylation is 1. The first-order chi connectivity index (χ1) is 6.22. The first-order valence-corrected chi connectivity index (χ1v) is 5.00. The minimum atomic E-state index is 0.574. The van der Waals surface area contributed by atoms with E-state index in [9.17, 15) is 0 Å². The van der Waals surface area contributed by atoms with Gasteiger partial charge in [0, 0.05) is 6.04 Å². The van der Waals surface area contributed by atoms with Gasteiger partial charge >= 0.3 is 0 Å². The summed E-state index contributed by atoms with van der Waals surface area (Å²) in [5, 5.41) is 3.38. The lowest BCUT2D eigenvalue weighted by Gasteiger charge is -2.09. The number of nitrogens with one attached hydrogen (secondary N) is 1. The van der Waals surface area contributed by atoms with E-state index in [4.69, 9.17) is 0 Å². The first kappa shape index (κ1) is 8.76. The molecule has 0 bridgehead atoms. The summed E-state index contributed by atoms with van der Waals surface area (Å²) >= 11 is 0. The highest BCUT2D eigenvalue weighted by Crippen LogP contribution is 2.39. The molecule has 0 aliphatic heterocycles. The van der Waals surface area contributed by atoms with E-state index >= 15 is 0 Å². The predicted molar refractivity (Wildman–Crippen MR) is 56.0 cm³/mol. The topological polar surface area (TPSA) is 12.0 Å². The van der Waals surface area contributed by atoms with Crippen molar-refractivity contribution in [1.29, 1.82) is 0 Å². The molecule has 2 unspecified atom stereocenters. The molecule has 0 fully saturated rings.